The molecule has 1 aliphatic heterocycles. The van der Waals surface area contributed by atoms with Gasteiger partial charge in [-0.15, -0.1) is 0 Å². The zero-order chi connectivity index (χ0) is 18.7. The van der Waals surface area contributed by atoms with Gasteiger partial charge >= 0.3 is 12.2 Å². The molecule has 1 aromatic carbocycles. The van der Waals surface area contributed by atoms with E-state index >= 15 is 0 Å². The van der Waals surface area contributed by atoms with E-state index in [-0.39, 0.29) is 11.0 Å². The highest BCUT2D eigenvalue weighted by atomic mass is 35.5. The van der Waals surface area contributed by atoms with E-state index in [1.54, 1.807) is 17.2 Å². The van der Waals surface area contributed by atoms with Gasteiger partial charge < -0.3 is 15.1 Å². The molecule has 2 aromatic rings. The predicted octanol–water partition coefficient (Wildman–Crippen LogP) is 3.50. The van der Waals surface area contributed by atoms with Gasteiger partial charge in [0.1, 0.15) is 5.82 Å². The molecule has 3 rings (SSSR count). The Hall–Kier alpha value is -2.55. The maximum atomic E-state index is 12.7. The largest absolute Gasteiger partial charge is 0.416 e. The molecule has 2 heterocycles. The van der Waals surface area contributed by atoms with Gasteiger partial charge in [-0.3, -0.25) is 0 Å². The fourth-order valence-corrected chi connectivity index (χ4v) is 2.76. The molecule has 26 heavy (non-hydrogen) atoms. The minimum absolute atomic E-state index is 0.106. The second-order valence-corrected chi connectivity index (χ2v) is 6.00. The zero-order valence-corrected chi connectivity index (χ0v) is 14.3. The van der Waals surface area contributed by atoms with E-state index in [1.165, 1.54) is 12.1 Å². The van der Waals surface area contributed by atoms with Crippen molar-refractivity contribution >= 4 is 29.1 Å². The van der Waals surface area contributed by atoms with Gasteiger partial charge in [-0.25, -0.2) is 14.8 Å². The van der Waals surface area contributed by atoms with Gasteiger partial charge in [0.25, 0.3) is 0 Å². The number of carbonyl (C=O) groups excluding carboxylic acids is 1. The van der Waals surface area contributed by atoms with Gasteiger partial charge in [-0.05, 0) is 35.9 Å². The van der Waals surface area contributed by atoms with Crippen molar-refractivity contribution in [2.45, 2.75) is 6.18 Å². The number of benzene rings is 1. The molecule has 1 N–H and O–H groups in total. The summed E-state index contributed by atoms with van der Waals surface area (Å²) in [6, 6.07) is 5.84. The van der Waals surface area contributed by atoms with E-state index in [1.807, 2.05) is 4.90 Å². The summed E-state index contributed by atoms with van der Waals surface area (Å²) in [4.78, 5) is 23.7. The summed E-state index contributed by atoms with van der Waals surface area (Å²) < 4.78 is 38.2. The molecule has 138 valence electrons. The van der Waals surface area contributed by atoms with Gasteiger partial charge in [-0.1, -0.05) is 6.07 Å². The Balaban J connectivity index is 1.59. The quantitative estimate of drug-likeness (QED) is 0.804. The molecule has 0 spiro atoms. The number of aromatic nitrogens is 2. The lowest BCUT2D eigenvalue weighted by Crippen LogP contribution is -2.50. The maximum Gasteiger partial charge on any atom is 0.416 e. The first-order valence-electron chi connectivity index (χ1n) is 7.79. The van der Waals surface area contributed by atoms with Crippen LogP contribution >= 0.6 is 11.6 Å². The Kier molecular flexibility index (Phi) is 5.17. The summed E-state index contributed by atoms with van der Waals surface area (Å²) in [5.74, 6) is 0.669. The lowest BCUT2D eigenvalue weighted by atomic mass is 10.2. The molecule has 6 nitrogen and oxygen atoms in total. The third-order valence-electron chi connectivity index (χ3n) is 3.94. The number of hydrogen-bond acceptors (Lipinski definition) is 4. The highest BCUT2D eigenvalue weighted by Gasteiger charge is 2.30. The third-order valence-corrected chi connectivity index (χ3v) is 4.13. The number of amides is 2. The highest BCUT2D eigenvalue weighted by molar-refractivity contribution is 6.28. The second kappa shape index (κ2) is 7.36. The molecule has 0 radical (unpaired) electrons. The van der Waals surface area contributed by atoms with E-state index < -0.39 is 17.8 Å². The van der Waals surface area contributed by atoms with Crippen LogP contribution in [0.1, 0.15) is 5.56 Å². The first-order chi connectivity index (χ1) is 12.3. The number of nitrogens with zero attached hydrogens (tertiary/aromatic N) is 4. The smallest absolute Gasteiger partial charge is 0.353 e. The van der Waals surface area contributed by atoms with E-state index in [0.717, 1.165) is 12.1 Å². The summed E-state index contributed by atoms with van der Waals surface area (Å²) in [6.45, 7) is 1.88. The number of urea groups is 1. The lowest BCUT2D eigenvalue weighted by Gasteiger charge is -2.35. The molecule has 0 atom stereocenters. The third kappa shape index (κ3) is 4.34. The number of carbonyl (C=O) groups is 1. The molecule has 2 amide bonds. The van der Waals surface area contributed by atoms with Crippen LogP contribution in [-0.4, -0.2) is 47.1 Å². The van der Waals surface area contributed by atoms with Crippen LogP contribution in [0.4, 0.5) is 29.5 Å². The maximum absolute atomic E-state index is 12.7. The van der Waals surface area contributed by atoms with Crippen molar-refractivity contribution in [3.05, 3.63) is 47.4 Å². The highest BCUT2D eigenvalue weighted by Crippen LogP contribution is 2.30. The number of hydrogen-bond donors (Lipinski definition) is 1. The first-order valence-corrected chi connectivity index (χ1v) is 8.17. The van der Waals surface area contributed by atoms with Crippen LogP contribution in [0.5, 0.6) is 0 Å². The fourth-order valence-electron chi connectivity index (χ4n) is 2.62. The van der Waals surface area contributed by atoms with Crippen LogP contribution in [-0.2, 0) is 6.18 Å². The number of nitrogens with one attached hydrogen (secondary N) is 1. The SMILES string of the molecule is O=C(Nc1cccc(C(F)(F)F)c1)N1CCN(c2ccnc(Cl)n2)CC1. The van der Waals surface area contributed by atoms with E-state index in [2.05, 4.69) is 15.3 Å². The van der Waals surface area contributed by atoms with Crippen molar-refractivity contribution < 1.29 is 18.0 Å². The van der Waals surface area contributed by atoms with Gasteiger partial charge in [0.15, 0.2) is 0 Å². The summed E-state index contributed by atoms with van der Waals surface area (Å²) >= 11 is 5.77. The molecule has 0 aliphatic carbocycles. The average molecular weight is 386 g/mol. The monoisotopic (exact) mass is 385 g/mol. The molecule has 0 bridgehead atoms. The molecule has 1 aliphatic rings. The molecule has 0 saturated carbocycles. The standard InChI is InChI=1S/C16H15ClF3N5O/c17-14-21-5-4-13(23-14)24-6-8-25(9-7-24)15(26)22-12-3-1-2-11(10-12)16(18,19)20/h1-5,10H,6-9H2,(H,22,26). The molecular formula is C16H15ClF3N5O. The van der Waals surface area contributed by atoms with Crippen LogP contribution in [0.3, 0.4) is 0 Å². The van der Waals surface area contributed by atoms with Crippen molar-refractivity contribution in [1.82, 2.24) is 14.9 Å². The van der Waals surface area contributed by atoms with Crippen molar-refractivity contribution in [3.63, 3.8) is 0 Å². The summed E-state index contributed by atoms with van der Waals surface area (Å²) in [5.41, 5.74) is -0.699. The Morgan fingerprint density at radius 1 is 1.15 bits per heavy atom. The summed E-state index contributed by atoms with van der Waals surface area (Å²) in [7, 11) is 0. The van der Waals surface area contributed by atoms with Crippen LogP contribution < -0.4 is 10.2 Å². The number of rotatable bonds is 2. The van der Waals surface area contributed by atoms with Crippen molar-refractivity contribution in [2.75, 3.05) is 36.4 Å². The second-order valence-electron chi connectivity index (χ2n) is 5.67. The number of piperazine rings is 1. The topological polar surface area (TPSA) is 61.4 Å². The van der Waals surface area contributed by atoms with Crippen molar-refractivity contribution in [2.24, 2.45) is 0 Å². The Morgan fingerprint density at radius 3 is 2.54 bits per heavy atom. The van der Waals surface area contributed by atoms with Gasteiger partial charge in [0.05, 0.1) is 5.56 Å². The predicted molar refractivity (Wildman–Crippen MR) is 91.3 cm³/mol. The Bertz CT molecular complexity index is 793. The molecule has 0 unspecified atom stereocenters. The van der Waals surface area contributed by atoms with Crippen LogP contribution in [0.25, 0.3) is 0 Å². The van der Waals surface area contributed by atoms with Crippen LogP contribution in [0, 0.1) is 0 Å². The Labute approximate surface area is 152 Å². The number of alkyl halides is 3. The van der Waals surface area contributed by atoms with Crippen molar-refractivity contribution in [1.29, 1.82) is 0 Å². The van der Waals surface area contributed by atoms with Gasteiger partial charge in [0.2, 0.25) is 5.28 Å². The minimum Gasteiger partial charge on any atom is -0.353 e. The van der Waals surface area contributed by atoms with E-state index in [9.17, 15) is 18.0 Å². The first kappa shape index (κ1) is 18.2. The number of anilines is 2. The van der Waals surface area contributed by atoms with Gasteiger partial charge in [-0.2, -0.15) is 13.2 Å². The van der Waals surface area contributed by atoms with Crippen LogP contribution in [0.2, 0.25) is 5.28 Å². The van der Waals surface area contributed by atoms with Gasteiger partial charge in [0, 0.05) is 38.1 Å². The molecule has 1 fully saturated rings. The summed E-state index contributed by atoms with van der Waals surface area (Å²) in [6.07, 6.45) is -2.90. The molecule has 1 aromatic heterocycles. The van der Waals surface area contributed by atoms with Crippen LogP contribution in [0.15, 0.2) is 36.5 Å². The normalized spacial score (nSPS) is 15.1. The number of halogens is 4. The molecular weight excluding hydrogens is 371 g/mol. The summed E-state index contributed by atoms with van der Waals surface area (Å²) in [5, 5.41) is 2.66. The zero-order valence-electron chi connectivity index (χ0n) is 13.5. The lowest BCUT2D eigenvalue weighted by molar-refractivity contribution is -0.137. The fraction of sp³-hybridized carbons (Fsp3) is 0.312. The average Bonchev–Trinajstić information content (AvgIpc) is 2.61. The van der Waals surface area contributed by atoms with Crippen molar-refractivity contribution in [3.8, 4) is 0 Å². The minimum atomic E-state index is -4.45. The molecule has 10 heteroatoms. The molecule has 1 saturated heterocycles. The van der Waals surface area contributed by atoms with E-state index in [4.69, 9.17) is 11.6 Å². The Morgan fingerprint density at radius 2 is 1.88 bits per heavy atom. The van der Waals surface area contributed by atoms with E-state index in [0.29, 0.717) is 32.0 Å².